The third-order valence-electron chi connectivity index (χ3n) is 11.8. The van der Waals surface area contributed by atoms with Crippen LogP contribution in [0.3, 0.4) is 0 Å². The summed E-state index contributed by atoms with van der Waals surface area (Å²) in [6.07, 6.45) is 5.82. The number of H-pyrrole nitrogens is 1. The van der Waals surface area contributed by atoms with Gasteiger partial charge in [-0.15, -0.1) is 0 Å². The number of aromatic amines is 1. The zero-order valence-corrected chi connectivity index (χ0v) is 34.1. The summed E-state index contributed by atoms with van der Waals surface area (Å²) in [6.45, 7) is 14.2. The quantitative estimate of drug-likeness (QED) is 0.250. The number of aryl methyl sites for hydroxylation is 1. The summed E-state index contributed by atoms with van der Waals surface area (Å²) in [6, 6.07) is 11.4. The van der Waals surface area contributed by atoms with Crippen molar-refractivity contribution in [2.24, 2.45) is 11.8 Å². The molecule has 4 aliphatic rings. The first-order chi connectivity index (χ1) is 27.5. The van der Waals surface area contributed by atoms with Gasteiger partial charge in [0.1, 0.15) is 0 Å². The van der Waals surface area contributed by atoms with Crippen molar-refractivity contribution in [1.82, 2.24) is 24.6 Å². The second-order valence-electron chi connectivity index (χ2n) is 16.3. The third kappa shape index (κ3) is 11.2. The number of carbonyl (C=O) groups is 4. The van der Waals surface area contributed by atoms with Crippen molar-refractivity contribution in [1.29, 1.82) is 0 Å². The number of piperidine rings is 3. The van der Waals surface area contributed by atoms with Gasteiger partial charge in [0.15, 0.2) is 11.7 Å². The minimum atomic E-state index is -1.00. The first-order valence-electron chi connectivity index (χ1n) is 20.9. The van der Waals surface area contributed by atoms with Gasteiger partial charge in [0.2, 0.25) is 0 Å². The fourth-order valence-electron chi connectivity index (χ4n) is 8.20. The van der Waals surface area contributed by atoms with Gasteiger partial charge in [-0.05, 0) is 112 Å². The maximum absolute atomic E-state index is 13.7. The molecule has 310 valence electrons. The molecule has 2 N–H and O–H groups in total. The van der Waals surface area contributed by atoms with Crippen LogP contribution in [0.25, 0.3) is 11.1 Å². The number of ether oxygens (including phenoxy) is 2. The molecule has 5 heterocycles. The van der Waals surface area contributed by atoms with E-state index in [0.29, 0.717) is 75.7 Å². The zero-order chi connectivity index (χ0) is 40.5. The van der Waals surface area contributed by atoms with Crippen LogP contribution < -0.4 is 11.1 Å². The highest BCUT2D eigenvalue weighted by molar-refractivity contribution is 5.91. The third-order valence-corrected chi connectivity index (χ3v) is 11.8. The Kier molecular flexibility index (Phi) is 14.3. The number of likely N-dealkylation sites (tertiary alicyclic amines) is 3. The molecule has 1 aromatic heterocycles. The molecule has 4 aliphatic heterocycles. The van der Waals surface area contributed by atoms with Gasteiger partial charge in [-0.3, -0.25) is 19.5 Å². The number of esters is 1. The van der Waals surface area contributed by atoms with E-state index in [0.717, 1.165) is 67.1 Å². The van der Waals surface area contributed by atoms with E-state index < -0.39 is 18.0 Å². The molecule has 3 fully saturated rings. The summed E-state index contributed by atoms with van der Waals surface area (Å²) >= 11 is 0. The first kappa shape index (κ1) is 41.8. The van der Waals surface area contributed by atoms with E-state index in [1.54, 1.807) is 15.9 Å². The topological polar surface area (TPSA) is 158 Å². The number of anilines is 1. The molecule has 0 aliphatic carbocycles. The molecule has 4 amide bonds. The highest BCUT2D eigenvalue weighted by Crippen LogP contribution is 2.26. The lowest BCUT2D eigenvalue weighted by atomic mass is 9.98. The van der Waals surface area contributed by atoms with Gasteiger partial charge in [-0.1, -0.05) is 45.0 Å². The Labute approximate surface area is 335 Å². The van der Waals surface area contributed by atoms with Crippen LogP contribution in [0.4, 0.5) is 15.3 Å². The normalized spacial score (nSPS) is 19.2. The van der Waals surface area contributed by atoms with E-state index in [-0.39, 0.29) is 30.4 Å². The Hall–Kier alpha value is -4.85. The summed E-state index contributed by atoms with van der Waals surface area (Å²) in [4.78, 5) is 73.4. The van der Waals surface area contributed by atoms with Crippen LogP contribution in [0.15, 0.2) is 45.6 Å². The van der Waals surface area contributed by atoms with E-state index in [9.17, 15) is 24.0 Å². The Morgan fingerprint density at radius 3 is 2.25 bits per heavy atom. The van der Waals surface area contributed by atoms with Crippen molar-refractivity contribution in [2.75, 3.05) is 64.3 Å². The Bertz CT molecular complexity index is 1900. The van der Waals surface area contributed by atoms with Crippen LogP contribution in [-0.4, -0.2) is 120 Å². The number of oxazole rings is 1. The van der Waals surface area contributed by atoms with E-state index in [2.05, 4.69) is 29.0 Å². The highest BCUT2D eigenvalue weighted by Gasteiger charge is 2.35. The molecule has 1 atom stereocenters. The SMILES string of the molecule is CCCOC(=O)CN1CCC(C)CC1.Cc1cc(C[C@@H](OC(=O)N2CCC(N3CCc4ccccc4NC3=O)CC2)C(=O)N2CCC(C)CC2)cc2oc(=O)[nH]c12. The number of para-hydroxylation sites is 1. The van der Waals surface area contributed by atoms with Gasteiger partial charge in [-0.2, -0.15) is 0 Å². The number of fused-ring (bicyclic) bond motifs is 2. The van der Waals surface area contributed by atoms with E-state index >= 15 is 0 Å². The van der Waals surface area contributed by atoms with Crippen LogP contribution in [0.1, 0.15) is 82.4 Å². The van der Waals surface area contributed by atoms with Gasteiger partial charge >= 0.3 is 23.8 Å². The number of hydrogen-bond donors (Lipinski definition) is 2. The fraction of sp³-hybridized carbons (Fsp3) is 0.605. The standard InChI is InChI=1S/C32H39N5O6.C11H21NO2/c1-20-7-12-35(13-8-20)29(38)27(19-22-17-21(2)28-26(18-22)42-31(40)34-28)43-32(41)36-14-10-24(11-15-36)37-16-9-23-5-3-4-6-25(23)33-30(37)39;1-3-8-14-11(13)9-12-6-4-10(2)5-7-12/h3-6,17-18,20,24,27H,7-16,19H2,1-2H3,(H,33,39)(H,34,40);10H,3-9H2,1-2H3/t27-;/m1./s1. The molecule has 0 radical (unpaired) electrons. The largest absolute Gasteiger partial charge is 0.465 e. The average Bonchev–Trinajstić information content (AvgIpc) is 3.50. The van der Waals surface area contributed by atoms with Crippen LogP contribution >= 0.6 is 0 Å². The minimum absolute atomic E-state index is 0.0110. The van der Waals surface area contributed by atoms with Gasteiger partial charge in [0.25, 0.3) is 5.91 Å². The number of benzene rings is 2. The maximum Gasteiger partial charge on any atom is 0.417 e. The van der Waals surface area contributed by atoms with Crippen LogP contribution in [0.2, 0.25) is 0 Å². The molecule has 2 aromatic carbocycles. The van der Waals surface area contributed by atoms with Gasteiger partial charge in [-0.25, -0.2) is 14.4 Å². The number of amides is 4. The number of rotatable bonds is 9. The molecule has 14 nitrogen and oxygen atoms in total. The molecule has 0 bridgehead atoms. The maximum atomic E-state index is 13.7. The first-order valence-corrected chi connectivity index (χ1v) is 20.9. The lowest BCUT2D eigenvalue weighted by molar-refractivity contribution is -0.145. The van der Waals surface area contributed by atoms with E-state index in [4.69, 9.17) is 13.9 Å². The van der Waals surface area contributed by atoms with Crippen molar-refractivity contribution in [3.63, 3.8) is 0 Å². The predicted octanol–water partition coefficient (Wildman–Crippen LogP) is 5.96. The molecule has 0 saturated carbocycles. The van der Waals surface area contributed by atoms with Crippen molar-refractivity contribution >= 4 is 40.8 Å². The van der Waals surface area contributed by atoms with Gasteiger partial charge in [0.05, 0.1) is 18.7 Å². The van der Waals surface area contributed by atoms with Crippen LogP contribution in [0.5, 0.6) is 0 Å². The molecular formula is C43H60N6O8. The molecule has 0 unspecified atom stereocenters. The summed E-state index contributed by atoms with van der Waals surface area (Å²) < 4.78 is 16.3. The van der Waals surface area contributed by atoms with Crippen molar-refractivity contribution in [3.8, 4) is 0 Å². The molecule has 57 heavy (non-hydrogen) atoms. The van der Waals surface area contributed by atoms with Crippen LogP contribution in [0, 0.1) is 18.8 Å². The summed E-state index contributed by atoms with van der Waals surface area (Å²) in [7, 11) is 0. The van der Waals surface area contributed by atoms with Crippen molar-refractivity contribution < 1.29 is 33.1 Å². The summed E-state index contributed by atoms with van der Waals surface area (Å²) in [5.41, 5.74) is 4.55. The van der Waals surface area contributed by atoms with Crippen molar-refractivity contribution in [2.45, 2.75) is 97.6 Å². The van der Waals surface area contributed by atoms with Gasteiger partial charge < -0.3 is 33.9 Å². The molecule has 0 spiro atoms. The second-order valence-corrected chi connectivity index (χ2v) is 16.3. The lowest BCUT2D eigenvalue weighted by Crippen LogP contribution is -2.51. The summed E-state index contributed by atoms with van der Waals surface area (Å²) in [5.74, 6) is 0.555. The number of hydrogen-bond acceptors (Lipinski definition) is 9. The number of nitrogens with one attached hydrogen (secondary N) is 2. The molecule has 14 heteroatoms. The fourth-order valence-corrected chi connectivity index (χ4v) is 8.20. The average molecular weight is 789 g/mol. The smallest absolute Gasteiger partial charge is 0.417 e. The molecule has 3 aromatic rings. The zero-order valence-electron chi connectivity index (χ0n) is 34.1. The van der Waals surface area contributed by atoms with E-state index in [1.165, 1.54) is 12.8 Å². The Morgan fingerprint density at radius 2 is 1.54 bits per heavy atom. The number of nitrogens with zero attached hydrogens (tertiary/aromatic N) is 4. The highest BCUT2D eigenvalue weighted by atomic mass is 16.6. The number of carbonyl (C=O) groups excluding carboxylic acids is 4. The monoisotopic (exact) mass is 788 g/mol. The lowest BCUT2D eigenvalue weighted by Gasteiger charge is -2.38. The Balaban J connectivity index is 0.000000333. The molecular weight excluding hydrogens is 729 g/mol. The minimum Gasteiger partial charge on any atom is -0.465 e. The van der Waals surface area contributed by atoms with Crippen molar-refractivity contribution in [3.05, 3.63) is 63.6 Å². The predicted molar refractivity (Wildman–Crippen MR) is 217 cm³/mol. The van der Waals surface area contributed by atoms with E-state index in [1.807, 2.05) is 49.1 Å². The number of urea groups is 1. The second kappa shape index (κ2) is 19.5. The van der Waals surface area contributed by atoms with Gasteiger partial charge in [0, 0.05) is 50.9 Å². The van der Waals surface area contributed by atoms with Crippen LogP contribution in [-0.2, 0) is 31.9 Å². The molecule has 7 rings (SSSR count). The number of aromatic nitrogens is 1. The Morgan fingerprint density at radius 1 is 0.877 bits per heavy atom. The molecule has 3 saturated heterocycles. The summed E-state index contributed by atoms with van der Waals surface area (Å²) in [5, 5.41) is 3.03.